The molecule has 1 aromatic rings. The summed E-state index contributed by atoms with van der Waals surface area (Å²) in [6.07, 6.45) is 2.32. The van der Waals surface area contributed by atoms with Crippen LogP contribution in [0.5, 0.6) is 0 Å². The van der Waals surface area contributed by atoms with Gasteiger partial charge in [0.05, 0.1) is 5.56 Å². The van der Waals surface area contributed by atoms with Crippen LogP contribution >= 0.6 is 15.9 Å². The van der Waals surface area contributed by atoms with Gasteiger partial charge in [0.2, 0.25) is 5.56 Å². The highest BCUT2D eigenvalue weighted by atomic mass is 79.9. The Balaban J connectivity index is 2.70. The summed E-state index contributed by atoms with van der Waals surface area (Å²) < 4.78 is 0. The highest BCUT2D eigenvalue weighted by Crippen LogP contribution is 2.08. The summed E-state index contributed by atoms with van der Waals surface area (Å²) in [5.41, 5.74) is 0.271. The van der Waals surface area contributed by atoms with Gasteiger partial charge >= 0.3 is 0 Å². The predicted octanol–water partition coefficient (Wildman–Crippen LogP) is 1.91. The van der Waals surface area contributed by atoms with E-state index >= 15 is 0 Å². The lowest BCUT2D eigenvalue weighted by Gasteiger charge is -2.21. The lowest BCUT2D eigenvalue weighted by atomic mass is 10.0. The number of halogens is 1. The van der Waals surface area contributed by atoms with Gasteiger partial charge in [-0.15, -0.1) is 0 Å². The maximum atomic E-state index is 11.9. The van der Waals surface area contributed by atoms with E-state index < -0.39 is 0 Å². The van der Waals surface area contributed by atoms with Crippen LogP contribution < -0.4 is 10.9 Å². The van der Waals surface area contributed by atoms with Crippen molar-refractivity contribution in [1.29, 1.82) is 0 Å². The molecule has 5 heteroatoms. The molecule has 1 unspecified atom stereocenters. The monoisotopic (exact) mass is 300 g/mol. The number of carbonyl (C=O) groups is 1. The molecule has 0 spiro atoms. The van der Waals surface area contributed by atoms with E-state index in [1.54, 1.807) is 0 Å². The van der Waals surface area contributed by atoms with Crippen molar-refractivity contribution < 1.29 is 4.79 Å². The van der Waals surface area contributed by atoms with Crippen LogP contribution in [0.4, 0.5) is 0 Å². The summed E-state index contributed by atoms with van der Waals surface area (Å²) >= 11 is 3.38. The van der Waals surface area contributed by atoms with Gasteiger partial charge in [-0.25, -0.2) is 0 Å². The molecule has 1 rings (SSSR count). The number of aromatic amines is 1. The molecule has 1 aromatic heterocycles. The third kappa shape index (κ3) is 4.34. The van der Waals surface area contributed by atoms with Gasteiger partial charge in [0, 0.05) is 23.6 Å². The molecule has 0 bridgehead atoms. The first-order valence-corrected chi connectivity index (χ1v) is 6.72. The highest BCUT2D eigenvalue weighted by Gasteiger charge is 2.16. The van der Waals surface area contributed by atoms with Crippen molar-refractivity contribution in [2.45, 2.75) is 26.3 Å². The number of nitrogens with one attached hydrogen (secondary N) is 2. The molecular formula is C12H17BrN2O2. The highest BCUT2D eigenvalue weighted by molar-refractivity contribution is 9.09. The van der Waals surface area contributed by atoms with Crippen molar-refractivity contribution in [1.82, 2.24) is 10.3 Å². The van der Waals surface area contributed by atoms with Gasteiger partial charge in [0.15, 0.2) is 0 Å². The minimum Gasteiger partial charge on any atom is -0.349 e. The van der Waals surface area contributed by atoms with Crippen LogP contribution in [0.2, 0.25) is 0 Å². The van der Waals surface area contributed by atoms with E-state index in [4.69, 9.17) is 0 Å². The van der Waals surface area contributed by atoms with E-state index in [1.165, 1.54) is 18.3 Å². The Kier molecular flexibility index (Phi) is 5.41. The second-order valence-corrected chi connectivity index (χ2v) is 5.04. The molecule has 1 heterocycles. The Morgan fingerprint density at radius 2 is 2.18 bits per heavy atom. The third-order valence-corrected chi connectivity index (χ3v) is 3.05. The van der Waals surface area contributed by atoms with Crippen molar-refractivity contribution >= 4 is 21.8 Å². The molecule has 17 heavy (non-hydrogen) atoms. The first kappa shape index (κ1) is 14.0. The molecule has 0 aliphatic carbocycles. The normalized spacial score (nSPS) is 12.5. The van der Waals surface area contributed by atoms with Crippen molar-refractivity contribution in [2.75, 3.05) is 5.33 Å². The van der Waals surface area contributed by atoms with Crippen LogP contribution in [-0.4, -0.2) is 22.3 Å². The standard InChI is InChI=1S/C12H17BrN2O2/c1-8(2)10(5-6-13)15-12(17)9-3-4-11(16)14-7-9/h3-4,7-8,10H,5-6H2,1-2H3,(H,14,16)(H,15,17). The SMILES string of the molecule is CC(C)C(CCBr)NC(=O)c1ccc(=O)[nH]c1. The Bertz CT molecular complexity index is 408. The maximum absolute atomic E-state index is 11.9. The first-order valence-electron chi connectivity index (χ1n) is 5.60. The van der Waals surface area contributed by atoms with Gasteiger partial charge in [-0.3, -0.25) is 9.59 Å². The second kappa shape index (κ2) is 6.59. The van der Waals surface area contributed by atoms with Crippen molar-refractivity contribution in [3.8, 4) is 0 Å². The van der Waals surface area contributed by atoms with Gasteiger partial charge < -0.3 is 10.3 Å². The zero-order valence-corrected chi connectivity index (χ0v) is 11.6. The number of aromatic nitrogens is 1. The summed E-state index contributed by atoms with van der Waals surface area (Å²) in [7, 11) is 0. The van der Waals surface area contributed by atoms with Crippen LogP contribution in [0.15, 0.2) is 23.1 Å². The Morgan fingerprint density at radius 3 is 2.65 bits per heavy atom. The lowest BCUT2D eigenvalue weighted by Crippen LogP contribution is -2.39. The third-order valence-electron chi connectivity index (χ3n) is 2.59. The van der Waals surface area contributed by atoms with Crippen LogP contribution in [0.1, 0.15) is 30.6 Å². The van der Waals surface area contributed by atoms with Crippen LogP contribution in [-0.2, 0) is 0 Å². The molecule has 0 aromatic carbocycles. The summed E-state index contributed by atoms with van der Waals surface area (Å²) in [5.74, 6) is 0.222. The van der Waals surface area contributed by atoms with E-state index in [0.717, 1.165) is 11.8 Å². The maximum Gasteiger partial charge on any atom is 0.252 e. The molecule has 2 N–H and O–H groups in total. The molecule has 0 aliphatic heterocycles. The van der Waals surface area contributed by atoms with Gasteiger partial charge in [-0.1, -0.05) is 29.8 Å². The quantitative estimate of drug-likeness (QED) is 0.816. The Morgan fingerprint density at radius 1 is 1.47 bits per heavy atom. The van der Waals surface area contributed by atoms with Crippen LogP contribution in [0.25, 0.3) is 0 Å². The Hall–Kier alpha value is -1.10. The number of hydrogen-bond acceptors (Lipinski definition) is 2. The lowest BCUT2D eigenvalue weighted by molar-refractivity contribution is 0.0924. The van der Waals surface area contributed by atoms with Gasteiger partial charge in [0.25, 0.3) is 5.91 Å². The number of hydrogen-bond donors (Lipinski definition) is 2. The smallest absolute Gasteiger partial charge is 0.252 e. The van der Waals surface area contributed by atoms with E-state index in [1.807, 2.05) is 0 Å². The summed E-state index contributed by atoms with van der Waals surface area (Å²) in [4.78, 5) is 25.3. The molecule has 0 saturated heterocycles. The molecule has 0 saturated carbocycles. The summed E-state index contributed by atoms with van der Waals surface area (Å²) in [6.45, 7) is 4.14. The molecule has 94 valence electrons. The number of carbonyl (C=O) groups excluding carboxylic acids is 1. The van der Waals surface area contributed by atoms with Crippen molar-refractivity contribution in [2.24, 2.45) is 5.92 Å². The average molecular weight is 301 g/mol. The van der Waals surface area contributed by atoms with E-state index in [9.17, 15) is 9.59 Å². The molecule has 0 aliphatic rings. The van der Waals surface area contributed by atoms with Crippen LogP contribution in [0.3, 0.4) is 0 Å². The first-order chi connectivity index (χ1) is 8.04. The zero-order valence-electron chi connectivity index (χ0n) is 10.00. The minimum atomic E-state index is -0.206. The molecule has 1 amide bonds. The van der Waals surface area contributed by atoms with E-state index in [0.29, 0.717) is 11.5 Å². The van der Waals surface area contributed by atoms with Gasteiger partial charge in [-0.05, 0) is 18.4 Å². The summed E-state index contributed by atoms with van der Waals surface area (Å²) in [5, 5.41) is 3.81. The zero-order chi connectivity index (χ0) is 12.8. The average Bonchev–Trinajstić information content (AvgIpc) is 2.29. The largest absolute Gasteiger partial charge is 0.349 e. The number of amides is 1. The van der Waals surface area contributed by atoms with E-state index in [2.05, 4.69) is 40.1 Å². The number of pyridine rings is 1. The Labute approximate surface area is 109 Å². The fraction of sp³-hybridized carbons (Fsp3) is 0.500. The number of alkyl halides is 1. The van der Waals surface area contributed by atoms with Crippen molar-refractivity contribution in [3.05, 3.63) is 34.2 Å². The molecule has 0 fully saturated rings. The second-order valence-electron chi connectivity index (χ2n) is 4.24. The topological polar surface area (TPSA) is 62.0 Å². The number of rotatable bonds is 5. The van der Waals surface area contributed by atoms with E-state index in [-0.39, 0.29) is 17.5 Å². The van der Waals surface area contributed by atoms with Crippen LogP contribution in [0, 0.1) is 5.92 Å². The fourth-order valence-electron chi connectivity index (χ4n) is 1.49. The molecule has 0 radical (unpaired) electrons. The minimum absolute atomic E-state index is 0.133. The number of H-pyrrole nitrogens is 1. The van der Waals surface area contributed by atoms with Crippen molar-refractivity contribution in [3.63, 3.8) is 0 Å². The fourth-order valence-corrected chi connectivity index (χ4v) is 1.99. The van der Waals surface area contributed by atoms with Gasteiger partial charge in [0.1, 0.15) is 0 Å². The summed E-state index contributed by atoms with van der Waals surface area (Å²) in [6, 6.07) is 3.01. The molecule has 1 atom stereocenters. The van der Waals surface area contributed by atoms with Gasteiger partial charge in [-0.2, -0.15) is 0 Å². The molecule has 4 nitrogen and oxygen atoms in total. The molecular weight excluding hydrogens is 284 g/mol. The predicted molar refractivity (Wildman–Crippen MR) is 71.6 cm³/mol.